The largest absolute Gasteiger partial charge is 0.435 e. The highest BCUT2D eigenvalue weighted by Crippen LogP contribution is 2.43. The van der Waals surface area contributed by atoms with Gasteiger partial charge in [-0.15, -0.1) is 0 Å². The second-order valence-electron chi connectivity index (χ2n) is 16.2. The molecule has 1 fully saturated rings. The molecule has 59 heavy (non-hydrogen) atoms. The Morgan fingerprint density at radius 2 is 1.69 bits per heavy atom. The molecule has 16 heteroatoms. The van der Waals surface area contributed by atoms with Crippen LogP contribution in [0, 0.1) is 17.6 Å². The number of aromatic nitrogens is 2. The Balaban J connectivity index is 0.00000105. The van der Waals surface area contributed by atoms with Crippen molar-refractivity contribution in [2.75, 3.05) is 18.3 Å². The fourth-order valence-electron chi connectivity index (χ4n) is 6.85. The minimum Gasteiger partial charge on any atom is -0.402 e. The van der Waals surface area contributed by atoms with Crippen LogP contribution in [0.5, 0.6) is 0 Å². The zero-order valence-electron chi connectivity index (χ0n) is 35.7. The van der Waals surface area contributed by atoms with Gasteiger partial charge in [-0.25, -0.2) is 14.6 Å². The molecule has 8 nitrogen and oxygen atoms in total. The molecule has 3 atom stereocenters. The topological polar surface area (TPSA) is 114 Å². The number of thioether (sulfide) groups is 1. The van der Waals surface area contributed by atoms with Crippen molar-refractivity contribution in [2.24, 2.45) is 17.5 Å². The van der Waals surface area contributed by atoms with Crippen LogP contribution in [0.3, 0.4) is 0 Å². The molecule has 2 aromatic carbocycles. The third-order valence-corrected chi connectivity index (χ3v) is 11.6. The predicted octanol–water partition coefficient (Wildman–Crippen LogP) is 11.0. The van der Waals surface area contributed by atoms with Crippen LogP contribution in [0.25, 0.3) is 5.57 Å². The number of amides is 1. The summed E-state index contributed by atoms with van der Waals surface area (Å²) in [5, 5.41) is 9.49. The van der Waals surface area contributed by atoms with Crippen molar-refractivity contribution >= 4 is 52.5 Å². The highest BCUT2D eigenvalue weighted by molar-refractivity contribution is 8.01. The lowest BCUT2D eigenvalue weighted by Gasteiger charge is -2.32. The van der Waals surface area contributed by atoms with Gasteiger partial charge in [-0.2, -0.15) is 30.0 Å². The Labute approximate surface area is 360 Å². The van der Waals surface area contributed by atoms with E-state index < -0.39 is 41.4 Å². The average molecular weight is 887 g/mol. The lowest BCUT2D eigenvalue weighted by Crippen LogP contribution is -2.42. The van der Waals surface area contributed by atoms with Crippen LogP contribution in [-0.4, -0.2) is 45.0 Å². The summed E-state index contributed by atoms with van der Waals surface area (Å²) in [4.78, 5) is 13.6. The van der Waals surface area contributed by atoms with E-state index in [0.717, 1.165) is 35.8 Å². The molecule has 0 aliphatic heterocycles. The Morgan fingerprint density at radius 1 is 1.07 bits per heavy atom. The summed E-state index contributed by atoms with van der Waals surface area (Å²) in [6.45, 7) is 16.9. The van der Waals surface area contributed by atoms with E-state index in [1.54, 1.807) is 19.2 Å². The monoisotopic (exact) mass is 885 g/mol. The van der Waals surface area contributed by atoms with Crippen molar-refractivity contribution < 1.29 is 26.7 Å². The Hall–Kier alpha value is -3.24. The number of hydrogen-bond acceptors (Lipinski definition) is 8. The summed E-state index contributed by atoms with van der Waals surface area (Å²) in [5.74, 6) is 3.89. The lowest BCUT2D eigenvalue weighted by atomic mass is 9.82. The summed E-state index contributed by atoms with van der Waals surface area (Å²) in [6, 6.07) is 6.83. The maximum absolute atomic E-state index is 14.4. The van der Waals surface area contributed by atoms with Crippen molar-refractivity contribution in [2.45, 2.75) is 128 Å². The number of halogens is 6. The highest BCUT2D eigenvalue weighted by Gasteiger charge is 2.38. The van der Waals surface area contributed by atoms with Gasteiger partial charge < -0.3 is 16.1 Å². The lowest BCUT2D eigenvalue weighted by molar-refractivity contribution is -0.141. The van der Waals surface area contributed by atoms with Crippen molar-refractivity contribution in [3.05, 3.63) is 99.0 Å². The summed E-state index contributed by atoms with van der Waals surface area (Å²) < 4.78 is 74.3. The molecule has 1 amide bonds. The minimum atomic E-state index is -4.61. The Bertz CT molecular complexity index is 1900. The van der Waals surface area contributed by atoms with Crippen LogP contribution in [0.1, 0.15) is 121 Å². The van der Waals surface area contributed by atoms with E-state index in [1.807, 2.05) is 50.9 Å². The normalized spacial score (nSPS) is 15.4. The van der Waals surface area contributed by atoms with E-state index in [2.05, 4.69) is 49.8 Å². The van der Waals surface area contributed by atoms with Gasteiger partial charge in [-0.05, 0) is 85.6 Å². The quantitative estimate of drug-likeness (QED) is 0.0348. The van der Waals surface area contributed by atoms with E-state index in [4.69, 9.17) is 23.2 Å². The number of rotatable bonds is 17. The second kappa shape index (κ2) is 22.0. The van der Waals surface area contributed by atoms with Crippen LogP contribution >= 0.6 is 35.3 Å². The van der Waals surface area contributed by atoms with Crippen molar-refractivity contribution in [3.63, 3.8) is 0 Å². The SMILES string of the molecule is CC(C)SC(C)(C)C.CC/C(N)=C/C=C(/c1ccc(Cl)c(C(C)NSC)c1N(C)N)C(C)[C@H](Cc1cc(F)cc(F)c1)NC(=O)CCn1nc(C(F)(F)F)cc1C1CC1. The number of alkyl halides is 3. The number of benzene rings is 2. The average Bonchev–Trinajstić information content (AvgIpc) is 3.86. The Kier molecular flexibility index (Phi) is 18.7. The van der Waals surface area contributed by atoms with Gasteiger partial charge in [-0.1, -0.05) is 84.2 Å². The maximum Gasteiger partial charge on any atom is 0.435 e. The molecule has 0 spiro atoms. The predicted molar refractivity (Wildman–Crippen MR) is 237 cm³/mol. The van der Waals surface area contributed by atoms with Gasteiger partial charge in [0.2, 0.25) is 5.91 Å². The number of aryl methyl sites for hydroxylation is 1. The number of nitrogens with two attached hydrogens (primary N) is 2. The van der Waals surface area contributed by atoms with Crippen molar-refractivity contribution in [1.29, 1.82) is 0 Å². The fourth-order valence-corrected chi connectivity index (χ4v) is 9.05. The molecule has 3 aromatic rings. The molecular formula is C43H61ClF5N7OS2. The third-order valence-electron chi connectivity index (χ3n) is 9.50. The van der Waals surface area contributed by atoms with Gasteiger partial charge in [0.1, 0.15) is 11.6 Å². The van der Waals surface area contributed by atoms with Crippen molar-refractivity contribution in [1.82, 2.24) is 19.8 Å². The number of carbonyl (C=O) groups excluding carboxylic acids is 1. The number of nitrogens with zero attached hydrogens (tertiary/aromatic N) is 3. The van der Waals surface area contributed by atoms with Gasteiger partial charge >= 0.3 is 6.18 Å². The molecule has 1 aliphatic rings. The van der Waals surface area contributed by atoms with Crippen LogP contribution in [0.4, 0.5) is 27.6 Å². The smallest absolute Gasteiger partial charge is 0.402 e. The van der Waals surface area contributed by atoms with E-state index in [1.165, 1.54) is 33.8 Å². The first-order chi connectivity index (χ1) is 27.4. The minimum absolute atomic E-state index is 0.0257. The Morgan fingerprint density at radius 3 is 2.19 bits per heavy atom. The number of anilines is 1. The molecule has 0 saturated heterocycles. The molecule has 1 aromatic heterocycles. The number of hydrogen-bond donors (Lipinski definition) is 4. The van der Waals surface area contributed by atoms with Crippen LogP contribution in [-0.2, 0) is 23.9 Å². The molecule has 2 unspecified atom stereocenters. The molecule has 1 heterocycles. The first-order valence-electron chi connectivity index (χ1n) is 19.8. The van der Waals surface area contributed by atoms with Gasteiger partial charge in [0.15, 0.2) is 5.69 Å². The zero-order chi connectivity index (χ0) is 44.4. The van der Waals surface area contributed by atoms with Crippen LogP contribution in [0.2, 0.25) is 5.02 Å². The molecule has 1 saturated carbocycles. The van der Waals surface area contributed by atoms with Crippen LogP contribution in [0.15, 0.2) is 54.2 Å². The number of allylic oxidation sites excluding steroid dienone is 3. The molecule has 0 bridgehead atoms. The third kappa shape index (κ3) is 15.6. The maximum atomic E-state index is 14.4. The summed E-state index contributed by atoms with van der Waals surface area (Å²) >= 11 is 10.2. The summed E-state index contributed by atoms with van der Waals surface area (Å²) in [5.41, 5.74) is 9.31. The van der Waals surface area contributed by atoms with E-state index in [9.17, 15) is 26.7 Å². The molecule has 4 rings (SSSR count). The molecule has 6 N–H and O–H groups in total. The molecule has 0 radical (unpaired) electrons. The molecule has 328 valence electrons. The first kappa shape index (κ1) is 50.1. The summed E-state index contributed by atoms with van der Waals surface area (Å²) in [6.07, 6.45) is 2.80. The van der Waals surface area contributed by atoms with Gasteiger partial charge in [0.05, 0.1) is 5.69 Å². The fraction of sp³-hybridized carbons (Fsp3) is 0.535. The van der Waals surface area contributed by atoms with Gasteiger partial charge in [0.25, 0.3) is 0 Å². The van der Waals surface area contributed by atoms with Gasteiger partial charge in [0, 0.05) is 82.3 Å². The molecule has 1 aliphatic carbocycles. The number of hydrazine groups is 1. The standard InChI is InChI=1S/C36H45ClF5N7OS.C7H16S/c1-6-26(43)9-10-27(28-11-12-29(37)34(21(3)47-51-5)35(28)48(4)44)20(2)30(17-22-15-24(38)18-25(39)16-22)45-33(50)13-14-49-31(23-7-8-23)19-32(46-49)36(40,41)42;1-6(2)8-7(3,4)5/h9-12,15-16,18-21,23,30,47H,6-8,13-14,17,43-44H2,1-5H3,(H,45,50);6H,1-5H3/b26-9-,27-10+;/t20?,21?,30-;/m0./s1. The highest BCUT2D eigenvalue weighted by atomic mass is 35.5. The van der Waals surface area contributed by atoms with Gasteiger partial charge in [-0.3, -0.25) is 14.2 Å². The van der Waals surface area contributed by atoms with Crippen molar-refractivity contribution in [3.8, 4) is 0 Å². The first-order valence-corrected chi connectivity index (χ1v) is 22.3. The van der Waals surface area contributed by atoms with Crippen LogP contribution < -0.4 is 26.6 Å². The number of carbonyl (C=O) groups is 1. The second-order valence-corrected chi connectivity index (χ2v) is 19.6. The van der Waals surface area contributed by atoms with E-state index in [0.29, 0.717) is 50.0 Å². The summed E-state index contributed by atoms with van der Waals surface area (Å²) in [7, 11) is 1.69. The molecular weight excluding hydrogens is 825 g/mol. The van der Waals surface area contributed by atoms with E-state index >= 15 is 0 Å². The zero-order valence-corrected chi connectivity index (χ0v) is 38.1. The van der Waals surface area contributed by atoms with E-state index in [-0.39, 0.29) is 31.3 Å². The number of nitrogens with one attached hydrogen (secondary N) is 2.